The highest BCUT2D eigenvalue weighted by atomic mass is 16.5. The molecule has 1 saturated carbocycles. The Labute approximate surface area is 82.3 Å². The van der Waals surface area contributed by atoms with E-state index in [2.05, 4.69) is 24.0 Å². The second-order valence-corrected chi connectivity index (χ2v) is 4.53. The maximum absolute atomic E-state index is 8.80. The van der Waals surface area contributed by atoms with Gasteiger partial charge >= 0.3 is 0 Å². The summed E-state index contributed by atoms with van der Waals surface area (Å²) in [7, 11) is 0. The summed E-state index contributed by atoms with van der Waals surface area (Å²) < 4.78 is 4.97. The first-order valence-electron chi connectivity index (χ1n) is 4.74. The van der Waals surface area contributed by atoms with Crippen LogP contribution in [0.25, 0.3) is 0 Å². The van der Waals surface area contributed by atoms with Crippen molar-refractivity contribution in [2.45, 2.75) is 32.2 Å². The van der Waals surface area contributed by atoms with Crippen LogP contribution in [0, 0.1) is 5.41 Å². The molecule has 0 spiro atoms. The third kappa shape index (κ3) is 1.53. The van der Waals surface area contributed by atoms with E-state index in [9.17, 15) is 0 Å². The van der Waals surface area contributed by atoms with Crippen molar-refractivity contribution in [3.8, 4) is 0 Å². The summed E-state index contributed by atoms with van der Waals surface area (Å²) in [5.74, 6) is 1.42. The summed E-state index contributed by atoms with van der Waals surface area (Å²) in [6.45, 7) is 4.16. The van der Waals surface area contributed by atoms with Crippen LogP contribution in [0.5, 0.6) is 0 Å². The zero-order valence-corrected chi connectivity index (χ0v) is 8.40. The van der Waals surface area contributed by atoms with Gasteiger partial charge < -0.3 is 15.4 Å². The van der Waals surface area contributed by atoms with Gasteiger partial charge in [-0.1, -0.05) is 19.0 Å². The van der Waals surface area contributed by atoms with Crippen molar-refractivity contribution in [3.63, 3.8) is 0 Å². The van der Waals surface area contributed by atoms with Gasteiger partial charge in [-0.25, -0.2) is 0 Å². The Balaban J connectivity index is 2.11. The van der Waals surface area contributed by atoms with Crippen LogP contribution in [-0.2, 0) is 0 Å². The summed E-state index contributed by atoms with van der Waals surface area (Å²) in [5, 5.41) is 12.7. The molecule has 2 atom stereocenters. The molecular formula is C9H15N3O2. The summed E-state index contributed by atoms with van der Waals surface area (Å²) in [6, 6.07) is -0.557. The van der Waals surface area contributed by atoms with Crippen LogP contribution in [0.4, 0.5) is 0 Å². The van der Waals surface area contributed by atoms with Crippen LogP contribution in [0.1, 0.15) is 43.9 Å². The molecule has 1 aliphatic carbocycles. The van der Waals surface area contributed by atoms with Gasteiger partial charge in [-0.15, -0.1) is 0 Å². The van der Waals surface area contributed by atoms with Gasteiger partial charge in [-0.05, 0) is 11.8 Å². The second kappa shape index (κ2) is 3.03. The molecule has 2 rings (SSSR count). The van der Waals surface area contributed by atoms with Gasteiger partial charge in [0.15, 0.2) is 5.82 Å². The Morgan fingerprint density at radius 1 is 1.71 bits per heavy atom. The van der Waals surface area contributed by atoms with Crippen molar-refractivity contribution < 1.29 is 9.63 Å². The van der Waals surface area contributed by atoms with Gasteiger partial charge in [0.2, 0.25) is 5.89 Å². The number of rotatable bonds is 3. The molecule has 1 aromatic rings. The number of aliphatic hydroxyl groups is 1. The molecule has 0 aromatic carbocycles. The lowest BCUT2D eigenvalue weighted by Gasteiger charge is -1.99. The molecule has 0 radical (unpaired) electrons. The van der Waals surface area contributed by atoms with E-state index in [1.165, 1.54) is 0 Å². The Bertz CT molecular complexity index is 335. The van der Waals surface area contributed by atoms with E-state index < -0.39 is 6.04 Å². The second-order valence-electron chi connectivity index (χ2n) is 4.53. The minimum Gasteiger partial charge on any atom is -0.394 e. The quantitative estimate of drug-likeness (QED) is 0.740. The normalized spacial score (nSPS) is 26.1. The smallest absolute Gasteiger partial charge is 0.245 e. The van der Waals surface area contributed by atoms with Gasteiger partial charge in [-0.3, -0.25) is 0 Å². The molecule has 0 bridgehead atoms. The fourth-order valence-electron chi connectivity index (χ4n) is 1.53. The molecule has 1 aromatic heterocycles. The Morgan fingerprint density at radius 3 is 2.86 bits per heavy atom. The van der Waals surface area contributed by atoms with E-state index >= 15 is 0 Å². The van der Waals surface area contributed by atoms with Gasteiger partial charge in [0.1, 0.15) is 6.04 Å². The first kappa shape index (κ1) is 9.61. The third-order valence-electron chi connectivity index (χ3n) is 2.80. The lowest BCUT2D eigenvalue weighted by atomic mass is 10.1. The van der Waals surface area contributed by atoms with E-state index in [0.29, 0.717) is 17.6 Å². The molecule has 0 amide bonds. The number of nitrogens with zero attached hydrogens (tertiary/aromatic N) is 2. The van der Waals surface area contributed by atoms with Crippen molar-refractivity contribution in [1.29, 1.82) is 0 Å². The Hall–Kier alpha value is -0.940. The predicted molar refractivity (Wildman–Crippen MR) is 49.5 cm³/mol. The van der Waals surface area contributed by atoms with Gasteiger partial charge in [0, 0.05) is 5.92 Å². The van der Waals surface area contributed by atoms with Crippen molar-refractivity contribution in [2.24, 2.45) is 11.1 Å². The highest BCUT2D eigenvalue weighted by Crippen LogP contribution is 2.57. The first-order chi connectivity index (χ1) is 6.54. The molecule has 3 N–H and O–H groups in total. The Morgan fingerprint density at radius 2 is 2.36 bits per heavy atom. The number of aliphatic hydroxyl groups excluding tert-OH is 1. The molecule has 78 valence electrons. The maximum atomic E-state index is 8.80. The number of hydrogen-bond acceptors (Lipinski definition) is 5. The Kier molecular flexibility index (Phi) is 2.08. The lowest BCUT2D eigenvalue weighted by molar-refractivity contribution is 0.236. The average molecular weight is 197 g/mol. The first-order valence-corrected chi connectivity index (χ1v) is 4.74. The topological polar surface area (TPSA) is 85.2 Å². The van der Waals surface area contributed by atoms with E-state index in [4.69, 9.17) is 15.4 Å². The predicted octanol–water partition coefficient (Wildman–Crippen LogP) is 0.575. The highest BCUT2D eigenvalue weighted by Gasteiger charge is 2.49. The summed E-state index contributed by atoms with van der Waals surface area (Å²) in [5.41, 5.74) is 5.83. The molecule has 0 saturated heterocycles. The number of aromatic nitrogens is 2. The van der Waals surface area contributed by atoms with Crippen molar-refractivity contribution >= 4 is 0 Å². The monoisotopic (exact) mass is 197 g/mol. The summed E-state index contributed by atoms with van der Waals surface area (Å²) in [6.07, 6.45) is 1.08. The minimum absolute atomic E-state index is 0.171. The van der Waals surface area contributed by atoms with E-state index in [0.717, 1.165) is 6.42 Å². The van der Waals surface area contributed by atoms with Gasteiger partial charge in [0.05, 0.1) is 6.61 Å². The SMILES string of the molecule is CC1(C)CC1c1noc([C@H](N)CO)n1. The largest absolute Gasteiger partial charge is 0.394 e. The third-order valence-corrected chi connectivity index (χ3v) is 2.80. The van der Waals surface area contributed by atoms with Crippen LogP contribution in [0.15, 0.2) is 4.52 Å². The van der Waals surface area contributed by atoms with Crippen molar-refractivity contribution in [3.05, 3.63) is 11.7 Å². The molecular weight excluding hydrogens is 182 g/mol. The number of nitrogens with two attached hydrogens (primary N) is 1. The number of hydrogen-bond donors (Lipinski definition) is 2. The van der Waals surface area contributed by atoms with Crippen molar-refractivity contribution in [2.75, 3.05) is 6.61 Å². The highest BCUT2D eigenvalue weighted by molar-refractivity contribution is 5.14. The van der Waals surface area contributed by atoms with Crippen LogP contribution in [0.2, 0.25) is 0 Å². The lowest BCUT2D eigenvalue weighted by Crippen LogP contribution is -2.14. The van der Waals surface area contributed by atoms with Crippen molar-refractivity contribution in [1.82, 2.24) is 10.1 Å². The molecule has 14 heavy (non-hydrogen) atoms. The average Bonchev–Trinajstić information content (AvgIpc) is 2.64. The molecule has 0 aliphatic heterocycles. The van der Waals surface area contributed by atoms with Crippen LogP contribution in [-0.4, -0.2) is 21.9 Å². The summed E-state index contributed by atoms with van der Waals surface area (Å²) in [4.78, 5) is 4.18. The van der Waals surface area contributed by atoms with E-state index in [-0.39, 0.29) is 12.0 Å². The molecule has 5 nitrogen and oxygen atoms in total. The summed E-state index contributed by atoms with van der Waals surface area (Å²) >= 11 is 0. The standard InChI is InChI=1S/C9H15N3O2/c1-9(2)3-5(9)7-11-8(14-12-7)6(10)4-13/h5-6,13H,3-4,10H2,1-2H3/t5?,6-/m1/s1. The van der Waals surface area contributed by atoms with Crippen LogP contribution >= 0.6 is 0 Å². The molecule has 1 unspecified atom stereocenters. The molecule has 1 fully saturated rings. The molecule has 1 heterocycles. The van der Waals surface area contributed by atoms with E-state index in [1.807, 2.05) is 0 Å². The maximum Gasteiger partial charge on any atom is 0.245 e. The van der Waals surface area contributed by atoms with Gasteiger partial charge in [-0.2, -0.15) is 4.98 Å². The zero-order chi connectivity index (χ0) is 10.3. The fraction of sp³-hybridized carbons (Fsp3) is 0.778. The van der Waals surface area contributed by atoms with Crippen LogP contribution in [0.3, 0.4) is 0 Å². The van der Waals surface area contributed by atoms with E-state index in [1.54, 1.807) is 0 Å². The molecule has 1 aliphatic rings. The zero-order valence-electron chi connectivity index (χ0n) is 8.40. The van der Waals surface area contributed by atoms with Gasteiger partial charge in [0.25, 0.3) is 0 Å². The molecule has 5 heteroatoms. The fourth-order valence-corrected chi connectivity index (χ4v) is 1.53. The minimum atomic E-state index is -0.557. The van der Waals surface area contributed by atoms with Crippen LogP contribution < -0.4 is 5.73 Å².